The second-order valence-electron chi connectivity index (χ2n) is 4.37. The number of imide groups is 1. The molecule has 3 N–H and O–H groups in total. The van der Waals surface area contributed by atoms with Crippen molar-refractivity contribution < 1.29 is 14.7 Å². The third-order valence-electron chi connectivity index (χ3n) is 2.89. The summed E-state index contributed by atoms with van der Waals surface area (Å²) in [6.07, 6.45) is 0. The molecule has 0 radical (unpaired) electrons. The van der Waals surface area contributed by atoms with Crippen LogP contribution in [0, 0.1) is 11.8 Å². The van der Waals surface area contributed by atoms with Crippen LogP contribution >= 0.6 is 0 Å². The minimum atomic E-state index is -0.788. The van der Waals surface area contributed by atoms with E-state index in [-0.39, 0.29) is 12.5 Å². The molecular weight excluding hydrogens is 244 g/mol. The van der Waals surface area contributed by atoms with Gasteiger partial charge < -0.3 is 10.4 Å². The summed E-state index contributed by atoms with van der Waals surface area (Å²) in [6, 6.07) is 6.11. The fraction of sp³-hybridized carbons (Fsp3) is 0.286. The molecule has 2 atom stereocenters. The summed E-state index contributed by atoms with van der Waals surface area (Å²) in [5.74, 6) is 5.19. The molecule has 0 spiro atoms. The Balaban J connectivity index is 2.08. The van der Waals surface area contributed by atoms with Gasteiger partial charge in [0.1, 0.15) is 0 Å². The van der Waals surface area contributed by atoms with Crippen molar-refractivity contribution in [3.8, 4) is 11.8 Å². The highest BCUT2D eigenvalue weighted by atomic mass is 16.3. The SMILES string of the molecule is CC(CO)c1ccc(C#CC2NC(=O)NC2=O)cc1. The van der Waals surface area contributed by atoms with E-state index in [9.17, 15) is 9.59 Å². The van der Waals surface area contributed by atoms with Gasteiger partial charge >= 0.3 is 6.03 Å². The predicted molar refractivity (Wildman–Crippen MR) is 69.3 cm³/mol. The number of hydrogen-bond donors (Lipinski definition) is 3. The molecule has 1 aliphatic rings. The van der Waals surface area contributed by atoms with Gasteiger partial charge in [0.2, 0.25) is 0 Å². The first-order chi connectivity index (χ1) is 9.10. The summed E-state index contributed by atoms with van der Waals surface area (Å²) in [5, 5.41) is 13.6. The fourth-order valence-electron chi connectivity index (χ4n) is 1.67. The van der Waals surface area contributed by atoms with Gasteiger partial charge in [0.25, 0.3) is 5.91 Å². The molecule has 0 bridgehead atoms. The molecule has 0 aromatic heterocycles. The van der Waals surface area contributed by atoms with Crippen LogP contribution in [0.5, 0.6) is 0 Å². The Kier molecular flexibility index (Phi) is 3.83. The standard InChI is InChI=1S/C14H14N2O3/c1-9(8-17)11-5-2-10(3-6-11)4-7-12-13(18)16-14(19)15-12/h2-3,5-6,9,12,17H,8H2,1H3,(H2,15,16,18,19). The lowest BCUT2D eigenvalue weighted by atomic mass is 10.0. The maximum absolute atomic E-state index is 11.3. The van der Waals surface area contributed by atoms with Gasteiger partial charge in [-0.15, -0.1) is 0 Å². The lowest BCUT2D eigenvalue weighted by Crippen LogP contribution is -2.26. The molecule has 0 saturated carbocycles. The van der Waals surface area contributed by atoms with E-state index in [1.54, 1.807) is 0 Å². The zero-order valence-electron chi connectivity index (χ0n) is 10.4. The van der Waals surface area contributed by atoms with Crippen LogP contribution in [0.25, 0.3) is 0 Å². The zero-order valence-corrected chi connectivity index (χ0v) is 10.4. The molecular formula is C14H14N2O3. The van der Waals surface area contributed by atoms with E-state index in [1.165, 1.54) is 0 Å². The van der Waals surface area contributed by atoms with Crippen molar-refractivity contribution in [2.24, 2.45) is 0 Å². The number of nitrogens with one attached hydrogen (secondary N) is 2. The molecule has 1 fully saturated rings. The van der Waals surface area contributed by atoms with Gasteiger partial charge in [0.15, 0.2) is 6.04 Å². The first kappa shape index (κ1) is 13.1. The third-order valence-corrected chi connectivity index (χ3v) is 2.89. The van der Waals surface area contributed by atoms with Crippen molar-refractivity contribution in [2.45, 2.75) is 18.9 Å². The summed E-state index contributed by atoms with van der Waals surface area (Å²) >= 11 is 0. The van der Waals surface area contributed by atoms with Gasteiger partial charge in [-0.25, -0.2) is 4.79 Å². The zero-order chi connectivity index (χ0) is 13.8. The number of amides is 3. The predicted octanol–water partition coefficient (Wildman–Crippen LogP) is 0.342. The molecule has 1 aromatic rings. The average molecular weight is 258 g/mol. The van der Waals surface area contributed by atoms with Gasteiger partial charge in [-0.3, -0.25) is 10.1 Å². The van der Waals surface area contributed by atoms with Crippen LogP contribution in [0.2, 0.25) is 0 Å². The maximum Gasteiger partial charge on any atom is 0.322 e. The Bertz CT molecular complexity index is 554. The second-order valence-corrected chi connectivity index (χ2v) is 4.37. The van der Waals surface area contributed by atoms with Crippen LogP contribution in [0.3, 0.4) is 0 Å². The minimum Gasteiger partial charge on any atom is -0.396 e. The number of rotatable bonds is 2. The highest BCUT2D eigenvalue weighted by molar-refractivity contribution is 6.05. The Morgan fingerprint density at radius 3 is 2.53 bits per heavy atom. The van der Waals surface area contributed by atoms with Gasteiger partial charge in [0, 0.05) is 18.1 Å². The van der Waals surface area contributed by atoms with E-state index in [1.807, 2.05) is 31.2 Å². The number of aliphatic hydroxyl groups excluding tert-OH is 1. The molecule has 3 amide bonds. The minimum absolute atomic E-state index is 0.0851. The van der Waals surface area contributed by atoms with Crippen LogP contribution in [0.4, 0.5) is 4.79 Å². The van der Waals surface area contributed by atoms with E-state index < -0.39 is 18.0 Å². The van der Waals surface area contributed by atoms with Crippen molar-refractivity contribution in [1.82, 2.24) is 10.6 Å². The lowest BCUT2D eigenvalue weighted by Gasteiger charge is -2.07. The van der Waals surface area contributed by atoms with E-state index in [0.29, 0.717) is 0 Å². The number of aliphatic hydroxyl groups is 1. The molecule has 1 heterocycles. The summed E-state index contributed by atoms with van der Waals surface area (Å²) < 4.78 is 0. The molecule has 19 heavy (non-hydrogen) atoms. The van der Waals surface area contributed by atoms with E-state index in [4.69, 9.17) is 5.11 Å². The Labute approximate surface area is 111 Å². The second kappa shape index (κ2) is 5.55. The normalized spacial score (nSPS) is 19.2. The van der Waals surface area contributed by atoms with Crippen molar-refractivity contribution in [3.05, 3.63) is 35.4 Å². The summed E-state index contributed by atoms with van der Waals surface area (Å²) in [6.45, 7) is 2.03. The number of urea groups is 1. The number of benzene rings is 1. The molecule has 1 aromatic carbocycles. The Hall–Kier alpha value is -2.32. The highest BCUT2D eigenvalue weighted by Crippen LogP contribution is 2.14. The molecule has 5 heteroatoms. The van der Waals surface area contributed by atoms with Gasteiger partial charge in [-0.1, -0.05) is 30.9 Å². The smallest absolute Gasteiger partial charge is 0.322 e. The Morgan fingerprint density at radius 2 is 2.00 bits per heavy atom. The summed E-state index contributed by atoms with van der Waals surface area (Å²) in [4.78, 5) is 22.2. The van der Waals surface area contributed by atoms with Crippen LogP contribution in [-0.4, -0.2) is 29.7 Å². The molecule has 1 aliphatic heterocycles. The van der Waals surface area contributed by atoms with Crippen molar-refractivity contribution in [3.63, 3.8) is 0 Å². The first-order valence-corrected chi connectivity index (χ1v) is 5.94. The monoisotopic (exact) mass is 258 g/mol. The lowest BCUT2D eigenvalue weighted by molar-refractivity contribution is -0.119. The molecule has 1 saturated heterocycles. The molecule has 2 rings (SSSR count). The van der Waals surface area contributed by atoms with Crippen molar-refractivity contribution in [2.75, 3.05) is 6.61 Å². The maximum atomic E-state index is 11.3. The van der Waals surface area contributed by atoms with Crippen LogP contribution in [-0.2, 0) is 4.79 Å². The van der Waals surface area contributed by atoms with Crippen molar-refractivity contribution >= 4 is 11.9 Å². The van der Waals surface area contributed by atoms with Crippen molar-refractivity contribution in [1.29, 1.82) is 0 Å². The quantitative estimate of drug-likeness (QED) is 0.529. The largest absolute Gasteiger partial charge is 0.396 e. The van der Waals surface area contributed by atoms with Gasteiger partial charge in [0.05, 0.1) is 0 Å². The molecule has 98 valence electrons. The third kappa shape index (κ3) is 3.12. The van der Waals surface area contributed by atoms with Crippen LogP contribution < -0.4 is 10.6 Å². The van der Waals surface area contributed by atoms with Crippen LogP contribution in [0.15, 0.2) is 24.3 Å². The topological polar surface area (TPSA) is 78.4 Å². The average Bonchev–Trinajstić information content (AvgIpc) is 2.74. The number of carbonyl (C=O) groups is 2. The van der Waals surface area contributed by atoms with E-state index >= 15 is 0 Å². The number of carbonyl (C=O) groups excluding carboxylic acids is 2. The highest BCUT2D eigenvalue weighted by Gasteiger charge is 2.27. The first-order valence-electron chi connectivity index (χ1n) is 5.94. The fourth-order valence-corrected chi connectivity index (χ4v) is 1.67. The van der Waals surface area contributed by atoms with Gasteiger partial charge in [-0.05, 0) is 17.7 Å². The van der Waals surface area contributed by atoms with E-state index in [2.05, 4.69) is 22.5 Å². The molecule has 5 nitrogen and oxygen atoms in total. The molecule has 2 unspecified atom stereocenters. The summed E-state index contributed by atoms with van der Waals surface area (Å²) in [5.41, 5.74) is 1.78. The van der Waals surface area contributed by atoms with E-state index in [0.717, 1.165) is 11.1 Å². The van der Waals surface area contributed by atoms with Gasteiger partial charge in [-0.2, -0.15) is 0 Å². The Morgan fingerprint density at radius 1 is 1.32 bits per heavy atom. The molecule has 0 aliphatic carbocycles. The summed E-state index contributed by atoms with van der Waals surface area (Å²) in [7, 11) is 0. The number of hydrogen-bond acceptors (Lipinski definition) is 3. The van der Waals surface area contributed by atoms with Crippen LogP contribution in [0.1, 0.15) is 24.0 Å².